The van der Waals surface area contributed by atoms with Crippen molar-refractivity contribution in [2.45, 2.75) is 13.1 Å². The van der Waals surface area contributed by atoms with Crippen molar-refractivity contribution in [2.75, 3.05) is 7.05 Å². The lowest BCUT2D eigenvalue weighted by Gasteiger charge is -2.17. The van der Waals surface area contributed by atoms with Gasteiger partial charge in [0.05, 0.1) is 24.0 Å². The molecule has 0 fully saturated rings. The van der Waals surface area contributed by atoms with E-state index in [-0.39, 0.29) is 5.91 Å². The Hall–Kier alpha value is -3.73. The first kappa shape index (κ1) is 18.6. The molecule has 2 aromatic heterocycles. The molecule has 0 N–H and O–H groups in total. The van der Waals surface area contributed by atoms with Gasteiger partial charge in [-0.25, -0.2) is 0 Å². The van der Waals surface area contributed by atoms with Crippen molar-refractivity contribution in [3.63, 3.8) is 0 Å². The molecule has 0 spiro atoms. The van der Waals surface area contributed by atoms with E-state index in [2.05, 4.69) is 22.2 Å². The van der Waals surface area contributed by atoms with Crippen LogP contribution in [0.15, 0.2) is 91.4 Å². The highest BCUT2D eigenvalue weighted by Gasteiger charge is 2.13. The van der Waals surface area contributed by atoms with Crippen molar-refractivity contribution >= 4 is 5.91 Å². The Labute approximate surface area is 170 Å². The van der Waals surface area contributed by atoms with Crippen molar-refractivity contribution < 1.29 is 4.79 Å². The number of benzene rings is 2. The third kappa shape index (κ3) is 4.58. The average Bonchev–Trinajstić information content (AvgIpc) is 3.23. The fraction of sp³-hybridized carbons (Fsp3) is 0.125. The molecule has 1 amide bonds. The summed E-state index contributed by atoms with van der Waals surface area (Å²) in [6, 6.07) is 23.8. The quantitative estimate of drug-likeness (QED) is 0.500. The number of pyridine rings is 1. The van der Waals surface area contributed by atoms with Crippen LogP contribution >= 0.6 is 0 Å². The van der Waals surface area contributed by atoms with Gasteiger partial charge in [-0.15, -0.1) is 0 Å². The Kier molecular flexibility index (Phi) is 5.47. The predicted octanol–water partition coefficient (Wildman–Crippen LogP) is 4.27. The summed E-state index contributed by atoms with van der Waals surface area (Å²) < 4.78 is 1.89. The summed E-state index contributed by atoms with van der Waals surface area (Å²) in [5.41, 5.74) is 4.59. The van der Waals surface area contributed by atoms with Crippen molar-refractivity contribution in [3.05, 3.63) is 108 Å². The van der Waals surface area contributed by atoms with Crippen molar-refractivity contribution in [3.8, 4) is 11.3 Å². The minimum Gasteiger partial charge on any atom is -0.337 e. The number of carbonyl (C=O) groups excluding carboxylic acids is 1. The molecule has 4 aromatic rings. The summed E-state index contributed by atoms with van der Waals surface area (Å²) in [7, 11) is 1.80. The van der Waals surface area contributed by atoms with Crippen molar-refractivity contribution in [1.82, 2.24) is 19.7 Å². The molecule has 0 aliphatic carbocycles. The Morgan fingerprint density at radius 3 is 2.24 bits per heavy atom. The van der Waals surface area contributed by atoms with E-state index < -0.39 is 0 Å². The molecular weight excluding hydrogens is 360 g/mol. The number of hydrogen-bond acceptors (Lipinski definition) is 3. The van der Waals surface area contributed by atoms with Gasteiger partial charge >= 0.3 is 0 Å². The molecule has 0 saturated carbocycles. The lowest BCUT2D eigenvalue weighted by Crippen LogP contribution is -2.26. The van der Waals surface area contributed by atoms with E-state index in [9.17, 15) is 4.79 Å². The van der Waals surface area contributed by atoms with Gasteiger partial charge in [-0.1, -0.05) is 60.7 Å². The summed E-state index contributed by atoms with van der Waals surface area (Å²) in [6.45, 7) is 1.27. The highest BCUT2D eigenvalue weighted by atomic mass is 16.2. The topological polar surface area (TPSA) is 51.0 Å². The third-order valence-corrected chi connectivity index (χ3v) is 4.74. The Balaban J connectivity index is 1.43. The molecule has 0 unspecified atom stereocenters. The van der Waals surface area contributed by atoms with Gasteiger partial charge in [0.1, 0.15) is 0 Å². The van der Waals surface area contributed by atoms with Crippen LogP contribution in [0.4, 0.5) is 0 Å². The molecule has 0 aliphatic heterocycles. The molecule has 0 radical (unpaired) electrons. The molecule has 0 bridgehead atoms. The summed E-state index contributed by atoms with van der Waals surface area (Å²) >= 11 is 0. The largest absolute Gasteiger partial charge is 0.337 e. The van der Waals surface area contributed by atoms with Gasteiger partial charge < -0.3 is 4.90 Å². The fourth-order valence-electron chi connectivity index (χ4n) is 3.19. The van der Waals surface area contributed by atoms with Gasteiger partial charge in [-0.05, 0) is 23.3 Å². The zero-order chi connectivity index (χ0) is 20.1. The normalized spacial score (nSPS) is 10.7. The van der Waals surface area contributed by atoms with Crippen LogP contribution in [0.5, 0.6) is 0 Å². The molecule has 29 heavy (non-hydrogen) atoms. The number of amides is 1. The smallest absolute Gasteiger partial charge is 0.255 e. The van der Waals surface area contributed by atoms with Crippen LogP contribution in [-0.2, 0) is 13.1 Å². The second-order valence-corrected chi connectivity index (χ2v) is 6.99. The first-order chi connectivity index (χ1) is 14.2. The van der Waals surface area contributed by atoms with E-state index in [0.29, 0.717) is 18.7 Å². The Morgan fingerprint density at radius 2 is 1.59 bits per heavy atom. The number of carbonyl (C=O) groups is 1. The maximum absolute atomic E-state index is 12.7. The fourth-order valence-corrected chi connectivity index (χ4v) is 3.19. The number of aromatic nitrogens is 3. The standard InChI is InChI=1S/C24H22N4O/c1-27(16-19-8-4-2-5-9-19)24(29)21-12-13-23(25-14-21)22-15-26-28(18-22)17-20-10-6-3-7-11-20/h2-15,18H,16-17H2,1H3. The van der Waals surface area contributed by atoms with Crippen LogP contribution in [0.25, 0.3) is 11.3 Å². The predicted molar refractivity (Wildman–Crippen MR) is 113 cm³/mol. The van der Waals surface area contributed by atoms with Crippen molar-refractivity contribution in [1.29, 1.82) is 0 Å². The lowest BCUT2D eigenvalue weighted by molar-refractivity contribution is 0.0784. The zero-order valence-corrected chi connectivity index (χ0v) is 16.3. The van der Waals surface area contributed by atoms with Gasteiger partial charge in [0, 0.05) is 31.5 Å². The van der Waals surface area contributed by atoms with Gasteiger partial charge in [0.2, 0.25) is 0 Å². The van der Waals surface area contributed by atoms with Crippen LogP contribution in [0, 0.1) is 0 Å². The van der Waals surface area contributed by atoms with E-state index >= 15 is 0 Å². The van der Waals surface area contributed by atoms with E-state index in [4.69, 9.17) is 0 Å². The molecular formula is C24H22N4O. The van der Waals surface area contributed by atoms with Crippen LogP contribution in [0.2, 0.25) is 0 Å². The van der Waals surface area contributed by atoms with E-state index in [1.165, 1.54) is 5.56 Å². The summed E-state index contributed by atoms with van der Waals surface area (Å²) in [5, 5.41) is 4.42. The number of rotatable bonds is 6. The molecule has 144 valence electrons. The van der Waals surface area contributed by atoms with Gasteiger partial charge in [0.25, 0.3) is 5.91 Å². The molecule has 2 aromatic carbocycles. The molecule has 4 rings (SSSR count). The van der Waals surface area contributed by atoms with Gasteiger partial charge in [-0.2, -0.15) is 5.10 Å². The van der Waals surface area contributed by atoms with Crippen LogP contribution < -0.4 is 0 Å². The third-order valence-electron chi connectivity index (χ3n) is 4.74. The van der Waals surface area contributed by atoms with Crippen LogP contribution in [-0.4, -0.2) is 32.6 Å². The SMILES string of the molecule is CN(Cc1ccccc1)C(=O)c1ccc(-c2cnn(Cc3ccccc3)c2)nc1. The molecule has 0 aliphatic rings. The van der Waals surface area contributed by atoms with E-state index in [1.807, 2.05) is 71.5 Å². The minimum atomic E-state index is -0.0484. The average molecular weight is 382 g/mol. The van der Waals surface area contributed by atoms with Crippen LogP contribution in [0.1, 0.15) is 21.5 Å². The number of hydrogen-bond donors (Lipinski definition) is 0. The molecule has 2 heterocycles. The van der Waals surface area contributed by atoms with E-state index in [0.717, 1.165) is 16.8 Å². The first-order valence-electron chi connectivity index (χ1n) is 9.51. The second kappa shape index (κ2) is 8.52. The Bertz CT molecular complexity index is 1070. The monoisotopic (exact) mass is 382 g/mol. The first-order valence-corrected chi connectivity index (χ1v) is 9.51. The number of nitrogens with zero attached hydrogens (tertiary/aromatic N) is 4. The van der Waals surface area contributed by atoms with Gasteiger partial charge in [-0.3, -0.25) is 14.5 Å². The summed E-state index contributed by atoms with van der Waals surface area (Å²) in [6.07, 6.45) is 5.40. The second-order valence-electron chi connectivity index (χ2n) is 6.99. The van der Waals surface area contributed by atoms with E-state index in [1.54, 1.807) is 24.3 Å². The summed E-state index contributed by atoms with van der Waals surface area (Å²) in [4.78, 5) is 18.9. The highest BCUT2D eigenvalue weighted by Crippen LogP contribution is 2.18. The minimum absolute atomic E-state index is 0.0484. The lowest BCUT2D eigenvalue weighted by atomic mass is 10.1. The highest BCUT2D eigenvalue weighted by molar-refractivity contribution is 5.94. The maximum atomic E-state index is 12.7. The molecule has 5 heteroatoms. The summed E-state index contributed by atoms with van der Waals surface area (Å²) in [5.74, 6) is -0.0484. The molecule has 5 nitrogen and oxygen atoms in total. The maximum Gasteiger partial charge on any atom is 0.255 e. The van der Waals surface area contributed by atoms with Crippen molar-refractivity contribution in [2.24, 2.45) is 0 Å². The van der Waals surface area contributed by atoms with Crippen LogP contribution in [0.3, 0.4) is 0 Å². The van der Waals surface area contributed by atoms with Gasteiger partial charge in [0.15, 0.2) is 0 Å². The zero-order valence-electron chi connectivity index (χ0n) is 16.3. The molecule has 0 atom stereocenters. The Morgan fingerprint density at radius 1 is 0.897 bits per heavy atom. The molecule has 0 saturated heterocycles.